The number of ether oxygens (including phenoxy) is 2. The predicted molar refractivity (Wildman–Crippen MR) is 130 cm³/mol. The number of nitrogens with zero attached hydrogens (tertiary/aromatic N) is 3. The lowest BCUT2D eigenvalue weighted by Gasteiger charge is -2.45. The number of nitrogens with one attached hydrogen (secondary N) is 1. The number of aromatic nitrogens is 1. The van der Waals surface area contributed by atoms with E-state index in [0.717, 1.165) is 56.4 Å². The van der Waals surface area contributed by atoms with E-state index in [9.17, 15) is 9.90 Å². The van der Waals surface area contributed by atoms with Gasteiger partial charge in [0, 0.05) is 61.4 Å². The van der Waals surface area contributed by atoms with Crippen molar-refractivity contribution < 1.29 is 19.4 Å². The highest BCUT2D eigenvalue weighted by Crippen LogP contribution is 2.58. The summed E-state index contributed by atoms with van der Waals surface area (Å²) in [6.07, 6.45) is 3.32. The van der Waals surface area contributed by atoms with Crippen LogP contribution in [-0.2, 0) is 14.3 Å². The van der Waals surface area contributed by atoms with Crippen LogP contribution in [0.3, 0.4) is 0 Å². The van der Waals surface area contributed by atoms with E-state index < -0.39 is 6.10 Å². The number of anilines is 2. The molecule has 2 unspecified atom stereocenters. The van der Waals surface area contributed by atoms with E-state index >= 15 is 0 Å². The monoisotopic (exact) mass is 466 g/mol. The molecule has 34 heavy (non-hydrogen) atoms. The van der Waals surface area contributed by atoms with Gasteiger partial charge in [0.1, 0.15) is 5.82 Å². The highest BCUT2D eigenvalue weighted by Gasteiger charge is 2.59. The van der Waals surface area contributed by atoms with Crippen LogP contribution in [0, 0.1) is 18.3 Å². The molecule has 1 aliphatic carbocycles. The molecule has 1 amide bonds. The van der Waals surface area contributed by atoms with E-state index in [4.69, 9.17) is 9.47 Å². The molecule has 182 valence electrons. The maximum absolute atomic E-state index is 12.8. The Hall–Kier alpha value is -2.26. The fourth-order valence-electron chi connectivity index (χ4n) is 6.11. The van der Waals surface area contributed by atoms with Crippen LogP contribution in [0.2, 0.25) is 0 Å². The number of hydrogen-bond acceptors (Lipinski definition) is 7. The van der Waals surface area contributed by atoms with Gasteiger partial charge >= 0.3 is 0 Å². The minimum Gasteiger partial charge on any atom is -0.389 e. The summed E-state index contributed by atoms with van der Waals surface area (Å²) in [5, 5.41) is 15.6. The molecule has 1 spiro atoms. The molecule has 4 fully saturated rings. The Bertz CT molecular complexity index is 1110. The number of fused-ring (bicyclic) bond motifs is 1. The molecule has 0 bridgehead atoms. The number of hydrogen-bond donors (Lipinski definition) is 2. The van der Waals surface area contributed by atoms with Gasteiger partial charge in [-0.3, -0.25) is 9.69 Å². The van der Waals surface area contributed by atoms with Crippen LogP contribution in [0.15, 0.2) is 24.4 Å². The number of aliphatic hydroxyl groups excluding tert-OH is 1. The smallest absolute Gasteiger partial charge is 0.229 e. The predicted octanol–water partition coefficient (Wildman–Crippen LogP) is 2.18. The molecule has 4 aliphatic rings. The molecule has 8 heteroatoms. The van der Waals surface area contributed by atoms with Crippen LogP contribution < -0.4 is 10.2 Å². The first-order valence-electron chi connectivity index (χ1n) is 12.4. The van der Waals surface area contributed by atoms with Crippen LogP contribution in [0.4, 0.5) is 11.5 Å². The van der Waals surface area contributed by atoms with E-state index in [0.29, 0.717) is 25.6 Å². The molecule has 4 atom stereocenters. The molecule has 2 N–H and O–H groups in total. The Labute approximate surface area is 200 Å². The first-order valence-corrected chi connectivity index (χ1v) is 12.4. The Balaban J connectivity index is 1.16. The highest BCUT2D eigenvalue weighted by molar-refractivity contribution is 5.97. The van der Waals surface area contributed by atoms with Crippen molar-refractivity contribution in [2.24, 2.45) is 11.3 Å². The summed E-state index contributed by atoms with van der Waals surface area (Å²) in [6, 6.07) is 6.38. The van der Waals surface area contributed by atoms with Crippen molar-refractivity contribution in [2.75, 3.05) is 62.8 Å². The first kappa shape index (κ1) is 22.2. The number of aliphatic hydroxyl groups is 1. The molecule has 3 aliphatic heterocycles. The van der Waals surface area contributed by atoms with Gasteiger partial charge < -0.3 is 24.8 Å². The second-order valence-corrected chi connectivity index (χ2v) is 10.8. The third-order valence-electron chi connectivity index (χ3n) is 8.66. The number of carbonyl (C=O) groups excluding carboxylic acids is 1. The van der Waals surface area contributed by atoms with Crippen LogP contribution in [-0.4, -0.2) is 85.1 Å². The summed E-state index contributed by atoms with van der Waals surface area (Å²) < 4.78 is 11.1. The fraction of sp³-hybridized carbons (Fsp3) is 0.615. The molecule has 1 aromatic heterocycles. The standard InChI is InChI=1S/C26H34N4O4/c1-17-9-19-13-27-23(28-24(32)20-12-26(20)3-8-33-16-26)11-18(19)10-21(17)29-4-6-30(7-5-29)25(2)15-34-14-22(25)31/h9-11,13,20,22,31H,3-8,12,14-16H2,1-2H3,(H,27,28,32)/t20?,22-,25+,26?/m1/s1. The van der Waals surface area contributed by atoms with Crippen LogP contribution >= 0.6 is 0 Å². The first-order chi connectivity index (χ1) is 16.4. The van der Waals surface area contributed by atoms with E-state index in [1.54, 1.807) is 0 Å². The minimum atomic E-state index is -0.436. The van der Waals surface area contributed by atoms with Crippen LogP contribution in [0.1, 0.15) is 25.3 Å². The zero-order chi connectivity index (χ0) is 23.5. The number of benzene rings is 1. The SMILES string of the molecule is Cc1cc2cnc(NC(=O)C3CC34CCOC4)cc2cc1N1CCN([C@@]2(C)COC[C@H]2O)CC1. The molecule has 2 aromatic rings. The minimum absolute atomic E-state index is 0.0445. The van der Waals surface area contributed by atoms with Gasteiger partial charge in [0.15, 0.2) is 0 Å². The normalized spacial score (nSPS) is 33.7. The van der Waals surface area contributed by atoms with Gasteiger partial charge in [0.25, 0.3) is 0 Å². The molecule has 8 nitrogen and oxygen atoms in total. The molecular formula is C26H34N4O4. The third kappa shape index (κ3) is 3.68. The average Bonchev–Trinajstić information content (AvgIpc) is 3.14. The van der Waals surface area contributed by atoms with Crippen molar-refractivity contribution in [3.8, 4) is 0 Å². The summed E-state index contributed by atoms with van der Waals surface area (Å²) in [6.45, 7) is 10.3. The van der Waals surface area contributed by atoms with Gasteiger partial charge in [0.05, 0.1) is 31.5 Å². The number of pyridine rings is 1. The number of piperazine rings is 1. The maximum Gasteiger partial charge on any atom is 0.229 e. The molecule has 0 radical (unpaired) electrons. The van der Waals surface area contributed by atoms with E-state index in [2.05, 4.69) is 46.1 Å². The summed E-state index contributed by atoms with van der Waals surface area (Å²) in [7, 11) is 0. The number of amides is 1. The molecule has 3 saturated heterocycles. The van der Waals surface area contributed by atoms with Gasteiger partial charge in [-0.1, -0.05) is 0 Å². The molecule has 4 heterocycles. The molecule has 1 aromatic carbocycles. The van der Waals surface area contributed by atoms with E-state index in [1.807, 2.05) is 12.3 Å². The van der Waals surface area contributed by atoms with E-state index in [-0.39, 0.29) is 22.8 Å². The van der Waals surface area contributed by atoms with Crippen molar-refractivity contribution in [3.05, 3.63) is 30.0 Å². The Morgan fingerprint density at radius 2 is 1.97 bits per heavy atom. The lowest BCUT2D eigenvalue weighted by Crippen LogP contribution is -2.60. The molecule has 1 saturated carbocycles. The summed E-state index contributed by atoms with van der Waals surface area (Å²) in [5.74, 6) is 0.719. The lowest BCUT2D eigenvalue weighted by atomic mass is 9.95. The second kappa shape index (κ2) is 8.16. The Kier molecular flexibility index (Phi) is 5.33. The largest absolute Gasteiger partial charge is 0.389 e. The van der Waals surface area contributed by atoms with Gasteiger partial charge in [0.2, 0.25) is 5.91 Å². The van der Waals surface area contributed by atoms with Crippen molar-refractivity contribution >= 4 is 28.2 Å². The number of aryl methyl sites for hydroxylation is 1. The average molecular weight is 467 g/mol. The number of rotatable bonds is 4. The van der Waals surface area contributed by atoms with E-state index in [1.165, 1.54) is 11.3 Å². The Morgan fingerprint density at radius 3 is 2.68 bits per heavy atom. The zero-order valence-corrected chi connectivity index (χ0v) is 20.0. The maximum atomic E-state index is 12.8. The summed E-state index contributed by atoms with van der Waals surface area (Å²) in [4.78, 5) is 22.1. The second-order valence-electron chi connectivity index (χ2n) is 10.8. The lowest BCUT2D eigenvalue weighted by molar-refractivity contribution is -0.118. The van der Waals surface area contributed by atoms with Crippen molar-refractivity contribution in [3.63, 3.8) is 0 Å². The van der Waals surface area contributed by atoms with Crippen LogP contribution in [0.5, 0.6) is 0 Å². The molecule has 6 rings (SSSR count). The zero-order valence-electron chi connectivity index (χ0n) is 20.0. The molecular weight excluding hydrogens is 432 g/mol. The quantitative estimate of drug-likeness (QED) is 0.714. The fourth-order valence-corrected chi connectivity index (χ4v) is 6.11. The van der Waals surface area contributed by atoms with Gasteiger partial charge in [-0.15, -0.1) is 0 Å². The Morgan fingerprint density at radius 1 is 1.15 bits per heavy atom. The summed E-state index contributed by atoms with van der Waals surface area (Å²) in [5.41, 5.74) is 2.21. The number of carbonyl (C=O) groups is 1. The van der Waals surface area contributed by atoms with Crippen molar-refractivity contribution in [2.45, 2.75) is 38.3 Å². The van der Waals surface area contributed by atoms with Gasteiger partial charge in [-0.05, 0) is 55.8 Å². The van der Waals surface area contributed by atoms with Gasteiger partial charge in [-0.25, -0.2) is 4.98 Å². The summed E-state index contributed by atoms with van der Waals surface area (Å²) >= 11 is 0. The topological polar surface area (TPSA) is 87.2 Å². The van der Waals surface area contributed by atoms with Gasteiger partial charge in [-0.2, -0.15) is 0 Å². The van der Waals surface area contributed by atoms with Crippen LogP contribution in [0.25, 0.3) is 10.8 Å². The van der Waals surface area contributed by atoms with Crippen molar-refractivity contribution in [1.82, 2.24) is 9.88 Å². The third-order valence-corrected chi connectivity index (χ3v) is 8.66. The highest BCUT2D eigenvalue weighted by atomic mass is 16.5. The van der Waals surface area contributed by atoms with Crippen molar-refractivity contribution in [1.29, 1.82) is 0 Å².